The Balaban J connectivity index is 1.08. The number of thioether (sulfide) groups is 1. The van der Waals surface area contributed by atoms with E-state index in [1.807, 2.05) is 0 Å². The Morgan fingerprint density at radius 3 is 2.50 bits per heavy atom. The van der Waals surface area contributed by atoms with Crippen LogP contribution in [-0.2, 0) is 15.6 Å². The van der Waals surface area contributed by atoms with Gasteiger partial charge in [0.25, 0.3) is 0 Å². The Kier molecular flexibility index (Phi) is 17.3. The molecule has 0 fully saturated rings. The number of halogens is 3. The van der Waals surface area contributed by atoms with Crippen LogP contribution in [0.4, 0.5) is 5.69 Å². The summed E-state index contributed by atoms with van der Waals surface area (Å²) < 4.78 is 5.74. The van der Waals surface area contributed by atoms with Gasteiger partial charge in [0.2, 0.25) is 0 Å². The van der Waals surface area contributed by atoms with Crippen LogP contribution < -0.4 is 15.0 Å². The monoisotopic (exact) mass is 858 g/mol. The molecule has 310 valence electrons. The summed E-state index contributed by atoms with van der Waals surface area (Å²) in [6.45, 7) is 19.0. The highest BCUT2D eigenvalue weighted by atomic mass is 35.5. The van der Waals surface area contributed by atoms with E-state index in [-0.39, 0.29) is 10.8 Å². The van der Waals surface area contributed by atoms with Crippen molar-refractivity contribution in [1.82, 2.24) is 5.32 Å². The molecule has 1 heterocycles. The summed E-state index contributed by atoms with van der Waals surface area (Å²) in [4.78, 5) is 15.1. The first-order valence-corrected chi connectivity index (χ1v) is 23.0. The van der Waals surface area contributed by atoms with E-state index in [9.17, 15) is 4.79 Å². The highest BCUT2D eigenvalue weighted by Crippen LogP contribution is 2.48. The van der Waals surface area contributed by atoms with Crippen LogP contribution in [0.1, 0.15) is 102 Å². The van der Waals surface area contributed by atoms with Gasteiger partial charge < -0.3 is 15.0 Å². The van der Waals surface area contributed by atoms with Crippen LogP contribution in [0.15, 0.2) is 125 Å². The number of carbonyl (C=O) groups is 1. The van der Waals surface area contributed by atoms with Crippen molar-refractivity contribution < 1.29 is 9.53 Å². The zero-order valence-corrected chi connectivity index (χ0v) is 38.2. The molecule has 0 unspecified atom stereocenters. The zero-order valence-electron chi connectivity index (χ0n) is 35.1. The Labute approximate surface area is 367 Å². The van der Waals surface area contributed by atoms with E-state index < -0.39 is 0 Å². The largest absolute Gasteiger partial charge is 0.492 e. The van der Waals surface area contributed by atoms with Gasteiger partial charge in [-0.1, -0.05) is 148 Å². The van der Waals surface area contributed by atoms with E-state index in [2.05, 4.69) is 124 Å². The number of ether oxygens (including phenoxy) is 1. The van der Waals surface area contributed by atoms with Crippen LogP contribution in [0.5, 0.6) is 5.75 Å². The molecule has 1 aliphatic carbocycles. The fourth-order valence-electron chi connectivity index (χ4n) is 7.89. The van der Waals surface area contributed by atoms with E-state index in [0.717, 1.165) is 87.4 Å². The van der Waals surface area contributed by atoms with Crippen molar-refractivity contribution in [2.24, 2.45) is 0 Å². The molecule has 58 heavy (non-hydrogen) atoms. The van der Waals surface area contributed by atoms with Crippen molar-refractivity contribution in [3.63, 3.8) is 0 Å². The lowest BCUT2D eigenvalue weighted by Gasteiger charge is -2.28. The number of anilines is 1. The maximum absolute atomic E-state index is 12.7. The number of para-hydroxylation sites is 1. The molecule has 0 saturated carbocycles. The van der Waals surface area contributed by atoms with Gasteiger partial charge in [-0.3, -0.25) is 4.79 Å². The van der Waals surface area contributed by atoms with Crippen molar-refractivity contribution in [2.75, 3.05) is 36.9 Å². The molecular formula is C50H61Cl3N2O2S. The number of hydrogen-bond acceptors (Lipinski definition) is 5. The highest BCUT2D eigenvalue weighted by Gasteiger charge is 2.39. The van der Waals surface area contributed by atoms with Crippen molar-refractivity contribution in [1.29, 1.82) is 0 Å². The average Bonchev–Trinajstić information content (AvgIpc) is 3.41. The second-order valence-corrected chi connectivity index (χ2v) is 18.8. The molecule has 1 N–H and O–H groups in total. The highest BCUT2D eigenvalue weighted by molar-refractivity contribution is 8.13. The number of hydrogen-bond donors (Lipinski definition) is 1. The SMILES string of the molecule is C=C(/C=C/C1=C(Cl)C(=C/C=C2\N(CCCCCC(=O)SCCCNCCCOc3ccc(Cl)cc3Cl)c3ccccc3C2(C)C)/CCC1)C(C)(C)c1ccccc1C. The van der Waals surface area contributed by atoms with E-state index in [1.165, 1.54) is 51.0 Å². The second-order valence-electron chi connectivity index (χ2n) is 16.4. The molecule has 0 amide bonds. The van der Waals surface area contributed by atoms with Gasteiger partial charge in [0.05, 0.1) is 11.6 Å². The zero-order chi connectivity index (χ0) is 41.7. The van der Waals surface area contributed by atoms with E-state index >= 15 is 0 Å². The summed E-state index contributed by atoms with van der Waals surface area (Å²) in [5.41, 5.74) is 9.61. The number of unbranched alkanes of at least 4 members (excludes halogenated alkanes) is 2. The fraction of sp³-hybridized carbons (Fsp3) is 0.420. The van der Waals surface area contributed by atoms with Gasteiger partial charge in [0.1, 0.15) is 5.75 Å². The summed E-state index contributed by atoms with van der Waals surface area (Å²) in [7, 11) is 0. The van der Waals surface area contributed by atoms with Gasteiger partial charge in [-0.2, -0.15) is 0 Å². The molecule has 5 rings (SSSR count). The summed E-state index contributed by atoms with van der Waals surface area (Å²) >= 11 is 20.7. The molecule has 1 aliphatic heterocycles. The van der Waals surface area contributed by atoms with E-state index in [0.29, 0.717) is 33.9 Å². The lowest BCUT2D eigenvalue weighted by Crippen LogP contribution is -2.27. The lowest BCUT2D eigenvalue weighted by atomic mass is 9.76. The molecule has 8 heteroatoms. The van der Waals surface area contributed by atoms with Crippen LogP contribution in [0, 0.1) is 6.92 Å². The Morgan fingerprint density at radius 2 is 1.71 bits per heavy atom. The number of aryl methyl sites for hydroxylation is 1. The van der Waals surface area contributed by atoms with E-state index in [1.54, 1.807) is 18.2 Å². The quantitative estimate of drug-likeness (QED) is 0.0905. The third-order valence-corrected chi connectivity index (χ3v) is 13.5. The number of fused-ring (bicyclic) bond motifs is 1. The van der Waals surface area contributed by atoms with Crippen molar-refractivity contribution >= 4 is 57.4 Å². The molecule has 0 atom stereocenters. The summed E-state index contributed by atoms with van der Waals surface area (Å²) in [5, 5.41) is 5.71. The number of allylic oxidation sites excluding steroid dienone is 9. The third-order valence-electron chi connectivity index (χ3n) is 11.5. The van der Waals surface area contributed by atoms with Gasteiger partial charge in [0, 0.05) is 51.0 Å². The number of rotatable bonds is 20. The Hall–Kier alpha value is -3.19. The third kappa shape index (κ3) is 12.2. The van der Waals surface area contributed by atoms with Gasteiger partial charge in [-0.25, -0.2) is 0 Å². The van der Waals surface area contributed by atoms with Gasteiger partial charge >= 0.3 is 0 Å². The van der Waals surface area contributed by atoms with Crippen LogP contribution in [0.2, 0.25) is 10.0 Å². The molecule has 2 aliphatic rings. The predicted octanol–water partition coefficient (Wildman–Crippen LogP) is 14.2. The van der Waals surface area contributed by atoms with Gasteiger partial charge in [-0.15, -0.1) is 0 Å². The minimum atomic E-state index is -0.181. The van der Waals surface area contributed by atoms with E-state index in [4.69, 9.17) is 39.5 Å². The lowest BCUT2D eigenvalue weighted by molar-refractivity contribution is -0.111. The molecule has 0 radical (unpaired) electrons. The molecule has 0 spiro atoms. The van der Waals surface area contributed by atoms with Gasteiger partial charge in [-0.05, 0) is 129 Å². The number of nitrogens with one attached hydrogen (secondary N) is 1. The first-order chi connectivity index (χ1) is 27.8. The van der Waals surface area contributed by atoms with Crippen molar-refractivity contribution in [2.45, 2.75) is 103 Å². The maximum Gasteiger partial charge on any atom is 0.188 e. The number of benzene rings is 3. The predicted molar refractivity (Wildman–Crippen MR) is 252 cm³/mol. The first kappa shape index (κ1) is 45.9. The molecular weight excluding hydrogens is 799 g/mol. The second kappa shape index (κ2) is 21.9. The fourth-order valence-corrected chi connectivity index (χ4v) is 9.48. The first-order valence-electron chi connectivity index (χ1n) is 20.9. The molecule has 0 saturated heterocycles. The van der Waals surface area contributed by atoms with Crippen LogP contribution >= 0.6 is 46.6 Å². The van der Waals surface area contributed by atoms with Crippen LogP contribution in [-0.4, -0.2) is 37.1 Å². The molecule has 4 nitrogen and oxygen atoms in total. The van der Waals surface area contributed by atoms with Crippen LogP contribution in [0.25, 0.3) is 0 Å². The topological polar surface area (TPSA) is 41.6 Å². The summed E-state index contributed by atoms with van der Waals surface area (Å²) in [6.07, 6.45) is 17.3. The van der Waals surface area contributed by atoms with Crippen molar-refractivity contribution in [3.05, 3.63) is 152 Å². The minimum Gasteiger partial charge on any atom is -0.492 e. The smallest absolute Gasteiger partial charge is 0.188 e. The standard InChI is InChI=1S/C50H61Cl3N2O2S/c1-36-17-9-10-20-41(36)49(3,4)37(2)24-25-38-18-14-19-39(48(38)53)26-29-46-50(5,6)42-21-11-12-22-44(42)55(46)32-13-7-8-23-47(56)58-34-16-31-54-30-15-33-57-45-28-27-40(51)35-43(45)52/h9-12,17,20-22,24-29,35,54H,2,7-8,13-16,18-19,23,30-34H2,1,3-6H3/b25-24+,39-26+,46-29-. The molecule has 0 bridgehead atoms. The number of carbonyl (C=O) groups excluding carboxylic acids is 1. The average molecular weight is 860 g/mol. The minimum absolute atomic E-state index is 0.138. The molecule has 3 aromatic rings. The van der Waals surface area contributed by atoms with Crippen LogP contribution in [0.3, 0.4) is 0 Å². The van der Waals surface area contributed by atoms with Gasteiger partial charge in [0.15, 0.2) is 5.12 Å². The Morgan fingerprint density at radius 1 is 0.948 bits per heavy atom. The Bertz CT molecular complexity index is 2030. The molecule has 0 aromatic heterocycles. The normalized spacial score (nSPS) is 16.8. The summed E-state index contributed by atoms with van der Waals surface area (Å²) in [6, 6.07) is 22.6. The molecule has 3 aromatic carbocycles. The van der Waals surface area contributed by atoms with Crippen molar-refractivity contribution in [3.8, 4) is 5.75 Å². The number of nitrogens with zero attached hydrogens (tertiary/aromatic N) is 1. The summed E-state index contributed by atoms with van der Waals surface area (Å²) in [5.74, 6) is 1.49. The maximum atomic E-state index is 12.7.